The molecule has 0 aromatic carbocycles. The predicted molar refractivity (Wildman–Crippen MR) is 56.7 cm³/mol. The van der Waals surface area contributed by atoms with Gasteiger partial charge in [-0.25, -0.2) is 4.68 Å². The van der Waals surface area contributed by atoms with E-state index in [0.29, 0.717) is 6.54 Å². The zero-order valence-corrected chi connectivity index (χ0v) is 9.18. The summed E-state index contributed by atoms with van der Waals surface area (Å²) >= 11 is 6.05. The molecule has 2 aromatic heterocycles. The molecule has 2 heterocycles. The van der Waals surface area contributed by atoms with Crippen molar-refractivity contribution in [1.82, 2.24) is 15.0 Å². The molecule has 5 heteroatoms. The van der Waals surface area contributed by atoms with Crippen LogP contribution in [0.1, 0.15) is 30.0 Å². The summed E-state index contributed by atoms with van der Waals surface area (Å²) in [5.41, 5.74) is 1.89. The van der Waals surface area contributed by atoms with Gasteiger partial charge in [-0.1, -0.05) is 12.1 Å². The molecule has 2 rings (SSSR count). The molecule has 1 unspecified atom stereocenters. The predicted octanol–water partition coefficient (Wildman–Crippen LogP) is 2.61. The second-order valence-electron chi connectivity index (χ2n) is 3.35. The fourth-order valence-corrected chi connectivity index (χ4v) is 1.41. The molecule has 0 spiro atoms. The minimum absolute atomic E-state index is 0.0527. The van der Waals surface area contributed by atoms with Crippen LogP contribution in [0.5, 0.6) is 0 Å². The van der Waals surface area contributed by atoms with E-state index in [1.165, 1.54) is 0 Å². The third kappa shape index (κ3) is 2.39. The number of rotatable bonds is 4. The summed E-state index contributed by atoms with van der Waals surface area (Å²) in [6.45, 7) is 2.68. The van der Waals surface area contributed by atoms with Gasteiger partial charge >= 0.3 is 0 Å². The van der Waals surface area contributed by atoms with Crippen molar-refractivity contribution in [3.05, 3.63) is 36.0 Å². The Morgan fingerprint density at radius 2 is 2.47 bits per heavy atom. The maximum Gasteiger partial charge on any atom is 0.101 e. The summed E-state index contributed by atoms with van der Waals surface area (Å²) < 4.78 is 6.73. The van der Waals surface area contributed by atoms with Crippen LogP contribution >= 0.6 is 11.6 Å². The van der Waals surface area contributed by atoms with Crippen LogP contribution in [0.2, 0.25) is 0 Å². The number of hydrogen-bond acceptors (Lipinski definition) is 3. The Hall–Kier alpha value is -1.29. The summed E-state index contributed by atoms with van der Waals surface area (Å²) in [6, 6.07) is 1.90. The van der Waals surface area contributed by atoms with Gasteiger partial charge in [-0.15, -0.1) is 16.7 Å². The van der Waals surface area contributed by atoms with Gasteiger partial charge in [-0.05, 0) is 12.5 Å². The molecule has 0 radical (unpaired) electrons. The maximum absolute atomic E-state index is 6.05. The molecule has 4 nitrogen and oxygen atoms in total. The SMILES string of the molecule is CCC(Cl)c1cn(Cc2ccoc2)nn1. The van der Waals surface area contributed by atoms with E-state index in [4.69, 9.17) is 16.0 Å². The number of aromatic nitrogens is 3. The molecule has 0 saturated heterocycles. The number of hydrogen-bond donors (Lipinski definition) is 0. The molecular formula is C10H12ClN3O. The van der Waals surface area contributed by atoms with Crippen LogP contribution in [0.4, 0.5) is 0 Å². The minimum Gasteiger partial charge on any atom is -0.472 e. The van der Waals surface area contributed by atoms with Crippen LogP contribution < -0.4 is 0 Å². The molecule has 0 N–H and O–H groups in total. The Bertz CT molecular complexity index is 410. The first-order valence-corrected chi connectivity index (χ1v) is 5.28. The van der Waals surface area contributed by atoms with Crippen molar-refractivity contribution >= 4 is 11.6 Å². The first kappa shape index (κ1) is 10.2. The lowest BCUT2D eigenvalue weighted by Crippen LogP contribution is -1.98. The summed E-state index contributed by atoms with van der Waals surface area (Å²) in [5, 5.41) is 7.97. The van der Waals surface area contributed by atoms with Gasteiger partial charge in [0.2, 0.25) is 0 Å². The standard InChI is InChI=1S/C10H12ClN3O/c1-2-9(11)10-6-14(13-12-10)5-8-3-4-15-7-8/h3-4,6-7,9H,2,5H2,1H3. The van der Waals surface area contributed by atoms with Gasteiger partial charge in [-0.3, -0.25) is 0 Å². The zero-order chi connectivity index (χ0) is 10.7. The Labute approximate surface area is 92.8 Å². The van der Waals surface area contributed by atoms with E-state index in [1.807, 2.05) is 19.2 Å². The molecule has 1 atom stereocenters. The average molecular weight is 226 g/mol. The van der Waals surface area contributed by atoms with Gasteiger partial charge in [0.15, 0.2) is 0 Å². The summed E-state index contributed by atoms with van der Waals surface area (Å²) in [7, 11) is 0. The van der Waals surface area contributed by atoms with E-state index in [2.05, 4.69) is 10.3 Å². The molecule has 0 bridgehead atoms. The fraction of sp³-hybridized carbons (Fsp3) is 0.400. The van der Waals surface area contributed by atoms with Gasteiger partial charge in [-0.2, -0.15) is 0 Å². The highest BCUT2D eigenvalue weighted by molar-refractivity contribution is 6.20. The molecule has 2 aromatic rings. The van der Waals surface area contributed by atoms with Crippen LogP contribution in [0.15, 0.2) is 29.2 Å². The Morgan fingerprint density at radius 3 is 3.13 bits per heavy atom. The normalized spacial score (nSPS) is 12.9. The molecule has 0 aliphatic carbocycles. The Balaban J connectivity index is 2.07. The topological polar surface area (TPSA) is 43.9 Å². The van der Waals surface area contributed by atoms with Gasteiger partial charge in [0.25, 0.3) is 0 Å². The quantitative estimate of drug-likeness (QED) is 0.752. The van der Waals surface area contributed by atoms with Crippen molar-refractivity contribution in [2.45, 2.75) is 25.3 Å². The smallest absolute Gasteiger partial charge is 0.101 e. The molecule has 0 fully saturated rings. The number of alkyl halides is 1. The lowest BCUT2D eigenvalue weighted by atomic mass is 10.2. The van der Waals surface area contributed by atoms with Crippen LogP contribution in [0.3, 0.4) is 0 Å². The van der Waals surface area contributed by atoms with Crippen molar-refractivity contribution in [3.8, 4) is 0 Å². The van der Waals surface area contributed by atoms with Gasteiger partial charge in [0, 0.05) is 5.56 Å². The highest BCUT2D eigenvalue weighted by Gasteiger charge is 2.10. The summed E-state index contributed by atoms with van der Waals surface area (Å²) in [5.74, 6) is 0. The number of furan rings is 1. The average Bonchev–Trinajstić information content (AvgIpc) is 2.88. The molecule has 0 amide bonds. The molecular weight excluding hydrogens is 214 g/mol. The van der Waals surface area contributed by atoms with Gasteiger partial charge in [0.05, 0.1) is 30.6 Å². The van der Waals surface area contributed by atoms with Crippen molar-refractivity contribution in [3.63, 3.8) is 0 Å². The fourth-order valence-electron chi connectivity index (χ4n) is 1.31. The third-order valence-corrected chi connectivity index (χ3v) is 2.69. The van der Waals surface area contributed by atoms with E-state index in [-0.39, 0.29) is 5.38 Å². The zero-order valence-electron chi connectivity index (χ0n) is 8.43. The monoisotopic (exact) mass is 225 g/mol. The third-order valence-electron chi connectivity index (χ3n) is 2.16. The first-order chi connectivity index (χ1) is 7.29. The minimum atomic E-state index is -0.0527. The van der Waals surface area contributed by atoms with E-state index in [0.717, 1.165) is 17.7 Å². The van der Waals surface area contributed by atoms with E-state index in [9.17, 15) is 0 Å². The van der Waals surface area contributed by atoms with Gasteiger partial charge < -0.3 is 4.42 Å². The van der Waals surface area contributed by atoms with Crippen LogP contribution in [0.25, 0.3) is 0 Å². The second-order valence-corrected chi connectivity index (χ2v) is 3.88. The molecule has 0 aliphatic rings. The van der Waals surface area contributed by atoms with E-state index in [1.54, 1.807) is 17.2 Å². The van der Waals surface area contributed by atoms with Crippen LogP contribution in [-0.2, 0) is 6.54 Å². The lowest BCUT2D eigenvalue weighted by molar-refractivity contribution is 0.558. The largest absolute Gasteiger partial charge is 0.472 e. The van der Waals surface area contributed by atoms with E-state index >= 15 is 0 Å². The summed E-state index contributed by atoms with van der Waals surface area (Å²) in [6.07, 6.45) is 6.06. The highest BCUT2D eigenvalue weighted by atomic mass is 35.5. The van der Waals surface area contributed by atoms with Gasteiger partial charge in [0.1, 0.15) is 5.69 Å². The lowest BCUT2D eigenvalue weighted by Gasteiger charge is -1.98. The Morgan fingerprint density at radius 1 is 1.60 bits per heavy atom. The number of nitrogens with zero attached hydrogens (tertiary/aromatic N) is 3. The molecule has 0 saturated carbocycles. The Kier molecular flexibility index (Phi) is 3.06. The van der Waals surface area contributed by atoms with Crippen molar-refractivity contribution in [1.29, 1.82) is 0 Å². The number of halogens is 1. The van der Waals surface area contributed by atoms with Crippen molar-refractivity contribution < 1.29 is 4.42 Å². The molecule has 15 heavy (non-hydrogen) atoms. The highest BCUT2D eigenvalue weighted by Crippen LogP contribution is 2.20. The van der Waals surface area contributed by atoms with Crippen molar-refractivity contribution in [2.75, 3.05) is 0 Å². The van der Waals surface area contributed by atoms with Crippen LogP contribution in [0, 0.1) is 0 Å². The second kappa shape index (κ2) is 4.49. The molecule has 0 aliphatic heterocycles. The molecule has 80 valence electrons. The van der Waals surface area contributed by atoms with Crippen molar-refractivity contribution in [2.24, 2.45) is 0 Å². The maximum atomic E-state index is 6.05. The van der Waals surface area contributed by atoms with Crippen LogP contribution in [-0.4, -0.2) is 15.0 Å². The summed E-state index contributed by atoms with van der Waals surface area (Å²) in [4.78, 5) is 0. The van der Waals surface area contributed by atoms with E-state index < -0.39 is 0 Å². The first-order valence-electron chi connectivity index (χ1n) is 4.84.